The van der Waals surface area contributed by atoms with E-state index in [2.05, 4.69) is 68.6 Å². The highest BCUT2D eigenvalue weighted by molar-refractivity contribution is 5.66. The highest BCUT2D eigenvalue weighted by Gasteiger charge is 1.98. The van der Waals surface area contributed by atoms with Crippen molar-refractivity contribution in [1.29, 1.82) is 0 Å². The van der Waals surface area contributed by atoms with E-state index in [1.165, 1.54) is 106 Å². The summed E-state index contributed by atoms with van der Waals surface area (Å²) in [5.41, 5.74) is 5.11. The average Bonchev–Trinajstić information content (AvgIpc) is 2.85. The maximum Gasteiger partial charge on any atom is 0.303 e. The van der Waals surface area contributed by atoms with Gasteiger partial charge in [0, 0.05) is 18.7 Å². The fourth-order valence-corrected chi connectivity index (χ4v) is 4.52. The molecule has 0 amide bonds. The van der Waals surface area contributed by atoms with E-state index in [0.717, 1.165) is 19.4 Å². The third-order valence-corrected chi connectivity index (χ3v) is 6.56. The second kappa shape index (κ2) is 21.9. The summed E-state index contributed by atoms with van der Waals surface area (Å²) in [7, 11) is 0. The Morgan fingerprint density at radius 1 is 0.667 bits per heavy atom. The van der Waals surface area contributed by atoms with Crippen molar-refractivity contribution in [3.8, 4) is 0 Å². The van der Waals surface area contributed by atoms with Crippen LogP contribution in [0.2, 0.25) is 0 Å². The van der Waals surface area contributed by atoms with Gasteiger partial charge in [-0.05, 0) is 49.1 Å². The largest absolute Gasteiger partial charge is 0.481 e. The lowest BCUT2D eigenvalue weighted by molar-refractivity contribution is -0.137. The minimum absolute atomic E-state index is 0.345. The molecule has 2 rings (SSSR count). The van der Waals surface area contributed by atoms with Gasteiger partial charge in [-0.25, -0.2) is 0 Å². The summed E-state index contributed by atoms with van der Waals surface area (Å²) in [4.78, 5) is 10.3. The quantitative estimate of drug-likeness (QED) is 0.191. The molecule has 36 heavy (non-hydrogen) atoms. The van der Waals surface area contributed by atoms with Crippen LogP contribution in [0.25, 0.3) is 0 Å². The SMILES string of the molecule is CCCCCCCCCCCCCCCCCC(=O)O.Cc1cc(C)cc(NCc2ccccc2)c1. The summed E-state index contributed by atoms with van der Waals surface area (Å²) in [6.07, 6.45) is 20.2. The van der Waals surface area contributed by atoms with Crippen LogP contribution in [0.15, 0.2) is 48.5 Å². The van der Waals surface area contributed by atoms with E-state index >= 15 is 0 Å². The number of carboxylic acid groups (broad SMARTS) is 1. The van der Waals surface area contributed by atoms with Crippen LogP contribution in [0.4, 0.5) is 5.69 Å². The molecule has 3 nitrogen and oxygen atoms in total. The van der Waals surface area contributed by atoms with Crippen LogP contribution in [-0.2, 0) is 11.3 Å². The number of aliphatic carboxylic acids is 1. The van der Waals surface area contributed by atoms with Crippen molar-refractivity contribution in [2.75, 3.05) is 5.32 Å². The lowest BCUT2D eigenvalue weighted by Crippen LogP contribution is -1.99. The number of benzene rings is 2. The first-order valence-corrected chi connectivity index (χ1v) is 14.6. The third-order valence-electron chi connectivity index (χ3n) is 6.56. The summed E-state index contributed by atoms with van der Waals surface area (Å²) in [5.74, 6) is -0.653. The van der Waals surface area contributed by atoms with Crippen LogP contribution in [0.5, 0.6) is 0 Å². The fourth-order valence-electron chi connectivity index (χ4n) is 4.52. The molecule has 2 aromatic carbocycles. The van der Waals surface area contributed by atoms with Gasteiger partial charge < -0.3 is 10.4 Å². The molecule has 0 aromatic heterocycles. The number of nitrogens with one attached hydrogen (secondary N) is 1. The van der Waals surface area contributed by atoms with Gasteiger partial charge in [0.1, 0.15) is 0 Å². The van der Waals surface area contributed by atoms with Gasteiger partial charge in [0.25, 0.3) is 0 Å². The third kappa shape index (κ3) is 19.0. The minimum atomic E-state index is -0.653. The van der Waals surface area contributed by atoms with Crippen LogP contribution in [0.3, 0.4) is 0 Å². The molecule has 3 heteroatoms. The first kappa shape index (κ1) is 31.7. The Morgan fingerprint density at radius 2 is 1.11 bits per heavy atom. The van der Waals surface area contributed by atoms with E-state index < -0.39 is 5.97 Å². The Labute approximate surface area is 222 Å². The lowest BCUT2D eigenvalue weighted by Gasteiger charge is -2.08. The summed E-state index contributed by atoms with van der Waals surface area (Å²) < 4.78 is 0. The number of unbranched alkanes of at least 4 members (excludes halogenated alkanes) is 14. The normalized spacial score (nSPS) is 10.5. The van der Waals surface area contributed by atoms with E-state index in [1.807, 2.05) is 6.07 Å². The fraction of sp³-hybridized carbons (Fsp3) is 0.606. The predicted molar refractivity (Wildman–Crippen MR) is 157 cm³/mol. The summed E-state index contributed by atoms with van der Waals surface area (Å²) >= 11 is 0. The predicted octanol–water partition coefficient (Wildman–Crippen LogP) is 10.2. The molecule has 2 aromatic rings. The van der Waals surface area contributed by atoms with E-state index in [4.69, 9.17) is 5.11 Å². The van der Waals surface area contributed by atoms with Gasteiger partial charge in [0.05, 0.1) is 0 Å². The molecule has 0 aliphatic rings. The number of carboxylic acids is 1. The first-order chi connectivity index (χ1) is 17.5. The van der Waals surface area contributed by atoms with Crippen molar-refractivity contribution in [2.45, 2.75) is 130 Å². The number of carbonyl (C=O) groups is 1. The van der Waals surface area contributed by atoms with E-state index in [1.54, 1.807) is 0 Å². The molecular weight excluding hydrogens is 442 g/mol. The van der Waals surface area contributed by atoms with Crippen LogP contribution in [-0.4, -0.2) is 11.1 Å². The zero-order valence-electron chi connectivity index (χ0n) is 23.5. The highest BCUT2D eigenvalue weighted by atomic mass is 16.4. The Balaban J connectivity index is 0.000000367. The molecular formula is C33H53NO2. The van der Waals surface area contributed by atoms with Crippen LogP contribution in [0, 0.1) is 13.8 Å². The Morgan fingerprint density at radius 3 is 1.56 bits per heavy atom. The molecule has 202 valence electrons. The van der Waals surface area contributed by atoms with Crippen molar-refractivity contribution in [2.24, 2.45) is 0 Å². The van der Waals surface area contributed by atoms with Gasteiger partial charge >= 0.3 is 5.97 Å². The number of anilines is 1. The van der Waals surface area contributed by atoms with Crippen molar-refractivity contribution in [3.05, 3.63) is 65.2 Å². The summed E-state index contributed by atoms with van der Waals surface area (Å²) in [6, 6.07) is 17.0. The molecule has 0 atom stereocenters. The molecule has 0 bridgehead atoms. The minimum Gasteiger partial charge on any atom is -0.481 e. The van der Waals surface area contributed by atoms with Gasteiger partial charge in [0.15, 0.2) is 0 Å². The molecule has 0 saturated carbocycles. The number of hydrogen-bond acceptors (Lipinski definition) is 2. The summed E-state index contributed by atoms with van der Waals surface area (Å²) in [5, 5.41) is 12.0. The van der Waals surface area contributed by atoms with E-state index in [-0.39, 0.29) is 0 Å². The molecule has 0 aliphatic heterocycles. The second-order valence-corrected chi connectivity index (χ2v) is 10.3. The second-order valence-electron chi connectivity index (χ2n) is 10.3. The molecule has 0 spiro atoms. The lowest BCUT2D eigenvalue weighted by atomic mass is 10.0. The maximum atomic E-state index is 10.3. The Bertz CT molecular complexity index is 767. The maximum absolute atomic E-state index is 10.3. The topological polar surface area (TPSA) is 49.3 Å². The van der Waals surface area contributed by atoms with Gasteiger partial charge in [-0.15, -0.1) is 0 Å². The van der Waals surface area contributed by atoms with Gasteiger partial charge in [-0.2, -0.15) is 0 Å². The van der Waals surface area contributed by atoms with Gasteiger partial charge in [-0.3, -0.25) is 4.79 Å². The molecule has 0 heterocycles. The van der Waals surface area contributed by atoms with Crippen LogP contribution in [0.1, 0.15) is 126 Å². The average molecular weight is 496 g/mol. The van der Waals surface area contributed by atoms with Crippen LogP contribution >= 0.6 is 0 Å². The van der Waals surface area contributed by atoms with Crippen molar-refractivity contribution in [1.82, 2.24) is 0 Å². The number of rotatable bonds is 19. The van der Waals surface area contributed by atoms with E-state index in [0.29, 0.717) is 6.42 Å². The molecule has 0 radical (unpaired) electrons. The zero-order valence-corrected chi connectivity index (χ0v) is 23.5. The highest BCUT2D eigenvalue weighted by Crippen LogP contribution is 2.15. The number of hydrogen-bond donors (Lipinski definition) is 2. The molecule has 0 unspecified atom stereocenters. The Hall–Kier alpha value is -2.29. The molecule has 0 saturated heterocycles. The molecule has 0 fully saturated rings. The van der Waals surface area contributed by atoms with Crippen LogP contribution < -0.4 is 5.32 Å². The first-order valence-electron chi connectivity index (χ1n) is 14.6. The Kier molecular flexibility index (Phi) is 19.4. The molecule has 2 N–H and O–H groups in total. The standard InChI is InChI=1S/C18H36O2.C15H17N/c1-2-3-4-5-6-7-8-9-10-11-12-13-14-15-16-17-18(19)20;1-12-8-13(2)10-15(9-12)16-11-14-6-4-3-5-7-14/h2-17H2,1H3,(H,19,20);3-10,16H,11H2,1-2H3. The van der Waals surface area contributed by atoms with Gasteiger partial charge in [0.2, 0.25) is 0 Å². The van der Waals surface area contributed by atoms with Crippen molar-refractivity contribution < 1.29 is 9.90 Å². The zero-order chi connectivity index (χ0) is 26.3. The van der Waals surface area contributed by atoms with Crippen molar-refractivity contribution >= 4 is 11.7 Å². The monoisotopic (exact) mass is 495 g/mol. The van der Waals surface area contributed by atoms with Crippen molar-refractivity contribution in [3.63, 3.8) is 0 Å². The van der Waals surface area contributed by atoms with Gasteiger partial charge in [-0.1, -0.05) is 133 Å². The van der Waals surface area contributed by atoms with E-state index in [9.17, 15) is 4.79 Å². The number of aryl methyl sites for hydroxylation is 2. The smallest absolute Gasteiger partial charge is 0.303 e. The summed E-state index contributed by atoms with van der Waals surface area (Å²) in [6.45, 7) is 7.40. The molecule has 0 aliphatic carbocycles.